The third-order valence-corrected chi connectivity index (χ3v) is 8.59. The third kappa shape index (κ3) is 12.0. The van der Waals surface area contributed by atoms with Gasteiger partial charge in [0.25, 0.3) is 0 Å². The van der Waals surface area contributed by atoms with Crippen molar-refractivity contribution in [3.8, 4) is 0 Å². The maximum atomic E-state index is 14.1. The van der Waals surface area contributed by atoms with Gasteiger partial charge in [0.15, 0.2) is 11.6 Å². The number of carbonyl (C=O) groups is 6. The Labute approximate surface area is 301 Å². The van der Waals surface area contributed by atoms with Gasteiger partial charge in [-0.05, 0) is 96.0 Å². The molecule has 0 aliphatic carbocycles. The number of nitrogens with one attached hydrogen (secondary N) is 3. The lowest BCUT2D eigenvalue weighted by atomic mass is 9.94. The highest BCUT2D eigenvalue weighted by atomic mass is 19.2. The zero-order valence-electron chi connectivity index (χ0n) is 30.1. The van der Waals surface area contributed by atoms with Crippen molar-refractivity contribution < 1.29 is 52.1 Å². The summed E-state index contributed by atoms with van der Waals surface area (Å²) < 4.78 is 38.4. The van der Waals surface area contributed by atoms with E-state index in [9.17, 15) is 42.7 Å². The number of unbranched alkanes of at least 4 members (excludes halogenated alkanes) is 1. The number of esters is 1. The molecule has 2 aromatic carbocycles. The predicted molar refractivity (Wildman–Crippen MR) is 185 cm³/mol. The Morgan fingerprint density at radius 3 is 2.25 bits per heavy atom. The van der Waals surface area contributed by atoms with Crippen LogP contribution < -0.4 is 16.0 Å². The fraction of sp³-hybridized carbons (Fsp3) is 0.514. The monoisotopic (exact) mass is 730 g/mol. The molecule has 1 heterocycles. The Balaban J connectivity index is 1.76. The summed E-state index contributed by atoms with van der Waals surface area (Å²) >= 11 is 0. The SMILES string of the molecule is CC[C@](C)(NC(=O)[C@H](CCCCOC(=O)c1ccccc1)NC(=O)OC(C)(C)C)C(=O)NC(Cc1ccc(F)c(F)c1)C(=O)N1CCC[C@@H]1C(=O)O. The first-order valence-electron chi connectivity index (χ1n) is 17.3. The molecule has 1 aliphatic heterocycles. The van der Waals surface area contributed by atoms with Crippen molar-refractivity contribution in [2.24, 2.45) is 0 Å². The Bertz CT molecular complexity index is 1600. The van der Waals surface area contributed by atoms with Gasteiger partial charge in [-0.15, -0.1) is 0 Å². The average molecular weight is 731 g/mol. The summed E-state index contributed by atoms with van der Waals surface area (Å²) in [7, 11) is 0. The van der Waals surface area contributed by atoms with Crippen LogP contribution in [0.2, 0.25) is 0 Å². The van der Waals surface area contributed by atoms with Crippen molar-refractivity contribution in [2.45, 2.75) is 109 Å². The molecule has 0 aromatic heterocycles. The van der Waals surface area contributed by atoms with Gasteiger partial charge >= 0.3 is 18.0 Å². The van der Waals surface area contributed by atoms with Gasteiger partial charge in [-0.25, -0.2) is 23.2 Å². The molecule has 284 valence electrons. The molecule has 2 aromatic rings. The molecule has 0 saturated carbocycles. The number of aliphatic carboxylic acids is 1. The summed E-state index contributed by atoms with van der Waals surface area (Å²) in [6.07, 6.45) is 0.236. The molecule has 0 spiro atoms. The van der Waals surface area contributed by atoms with Gasteiger partial charge in [-0.2, -0.15) is 0 Å². The number of carboxylic acids is 1. The normalized spacial score (nSPS) is 16.5. The lowest BCUT2D eigenvalue weighted by Gasteiger charge is -2.34. The van der Waals surface area contributed by atoms with E-state index in [-0.39, 0.29) is 44.4 Å². The molecule has 52 heavy (non-hydrogen) atoms. The summed E-state index contributed by atoms with van der Waals surface area (Å²) in [5.74, 6) is -6.26. The molecular weight excluding hydrogens is 682 g/mol. The Morgan fingerprint density at radius 2 is 1.63 bits per heavy atom. The average Bonchev–Trinajstić information content (AvgIpc) is 3.58. The van der Waals surface area contributed by atoms with Gasteiger partial charge in [-0.1, -0.05) is 31.2 Å². The number of carboxylic acid groups (broad SMARTS) is 1. The van der Waals surface area contributed by atoms with E-state index in [2.05, 4.69) is 16.0 Å². The number of alkyl carbamates (subject to hydrolysis) is 1. The quantitative estimate of drug-likeness (QED) is 0.145. The second-order valence-corrected chi connectivity index (χ2v) is 13.9. The van der Waals surface area contributed by atoms with Crippen LogP contribution in [0, 0.1) is 11.6 Å². The van der Waals surface area contributed by atoms with Crippen molar-refractivity contribution in [1.29, 1.82) is 0 Å². The number of hydrogen-bond acceptors (Lipinski definition) is 8. The molecule has 1 unspecified atom stereocenters. The van der Waals surface area contributed by atoms with E-state index in [1.54, 1.807) is 58.0 Å². The fourth-order valence-corrected chi connectivity index (χ4v) is 5.56. The van der Waals surface area contributed by atoms with Crippen molar-refractivity contribution >= 4 is 35.8 Å². The van der Waals surface area contributed by atoms with Crippen molar-refractivity contribution in [1.82, 2.24) is 20.9 Å². The van der Waals surface area contributed by atoms with Crippen LogP contribution in [0.1, 0.15) is 89.1 Å². The summed E-state index contributed by atoms with van der Waals surface area (Å²) in [5, 5.41) is 17.5. The van der Waals surface area contributed by atoms with Crippen LogP contribution in [0.3, 0.4) is 0 Å². The van der Waals surface area contributed by atoms with Gasteiger partial charge in [0.05, 0.1) is 12.2 Å². The predicted octanol–water partition coefficient (Wildman–Crippen LogP) is 4.27. The van der Waals surface area contributed by atoms with Crippen LogP contribution in [0.5, 0.6) is 0 Å². The van der Waals surface area contributed by atoms with Crippen LogP contribution in [-0.4, -0.2) is 88.2 Å². The molecule has 1 fully saturated rings. The van der Waals surface area contributed by atoms with E-state index in [0.717, 1.165) is 17.0 Å². The van der Waals surface area contributed by atoms with Crippen LogP contribution in [0.25, 0.3) is 0 Å². The molecule has 1 saturated heterocycles. The lowest BCUT2D eigenvalue weighted by Crippen LogP contribution is -2.63. The van der Waals surface area contributed by atoms with E-state index in [0.29, 0.717) is 24.8 Å². The highest BCUT2D eigenvalue weighted by Crippen LogP contribution is 2.21. The number of halogens is 2. The van der Waals surface area contributed by atoms with Gasteiger partial charge in [-0.3, -0.25) is 14.4 Å². The van der Waals surface area contributed by atoms with Gasteiger partial charge in [0, 0.05) is 13.0 Å². The van der Waals surface area contributed by atoms with Crippen LogP contribution in [-0.2, 0) is 35.1 Å². The van der Waals surface area contributed by atoms with Crippen LogP contribution in [0.15, 0.2) is 48.5 Å². The highest BCUT2D eigenvalue weighted by molar-refractivity contribution is 5.97. The number of hydrogen-bond donors (Lipinski definition) is 4. The van der Waals surface area contributed by atoms with Crippen molar-refractivity contribution in [3.05, 3.63) is 71.3 Å². The number of nitrogens with zero attached hydrogens (tertiary/aromatic N) is 1. The van der Waals surface area contributed by atoms with E-state index >= 15 is 0 Å². The minimum atomic E-state index is -1.65. The summed E-state index contributed by atoms with van der Waals surface area (Å²) in [6.45, 7) is 8.16. The van der Waals surface area contributed by atoms with E-state index in [1.165, 1.54) is 13.0 Å². The summed E-state index contributed by atoms with van der Waals surface area (Å²) in [6, 6.07) is 7.74. The van der Waals surface area contributed by atoms with E-state index in [4.69, 9.17) is 9.47 Å². The second-order valence-electron chi connectivity index (χ2n) is 13.9. The minimum Gasteiger partial charge on any atom is -0.480 e. The molecule has 0 radical (unpaired) electrons. The van der Waals surface area contributed by atoms with Crippen molar-refractivity contribution in [2.75, 3.05) is 13.2 Å². The number of rotatable bonds is 16. The number of carbonyl (C=O) groups excluding carboxylic acids is 5. The number of benzene rings is 2. The maximum Gasteiger partial charge on any atom is 0.408 e. The standard InChI is InChI=1S/C37H48F2N4O9/c1-6-37(5,34(49)40-28(22-23-17-18-25(38)26(39)21-23)31(45)43-19-12-16-29(43)32(46)47)42-30(44)27(41-35(50)52-36(2,3)4)15-10-11-20-51-33(48)24-13-8-7-9-14-24/h7-9,13-14,17-18,21,27-29H,6,10-12,15-16,19-20,22H2,1-5H3,(H,40,49)(H,41,50)(H,42,44)(H,46,47)/t27-,28?,29+,37-/m0/s1. The topological polar surface area (TPSA) is 180 Å². The zero-order valence-corrected chi connectivity index (χ0v) is 30.1. The molecule has 4 N–H and O–H groups in total. The smallest absolute Gasteiger partial charge is 0.408 e. The first-order chi connectivity index (χ1) is 24.4. The summed E-state index contributed by atoms with van der Waals surface area (Å²) in [4.78, 5) is 79.3. The molecule has 1 aliphatic rings. The van der Waals surface area contributed by atoms with Crippen LogP contribution in [0.4, 0.5) is 13.6 Å². The fourth-order valence-electron chi connectivity index (χ4n) is 5.56. The molecule has 4 amide bonds. The largest absolute Gasteiger partial charge is 0.480 e. The summed E-state index contributed by atoms with van der Waals surface area (Å²) in [5.41, 5.74) is -1.97. The van der Waals surface area contributed by atoms with Gasteiger partial charge < -0.3 is 35.4 Å². The Kier molecular flexibility index (Phi) is 14.6. The number of ether oxygens (including phenoxy) is 2. The van der Waals surface area contributed by atoms with Gasteiger partial charge in [0.1, 0.15) is 29.3 Å². The van der Waals surface area contributed by atoms with E-state index in [1.807, 2.05) is 0 Å². The lowest BCUT2D eigenvalue weighted by molar-refractivity contribution is -0.149. The maximum absolute atomic E-state index is 14.1. The first kappa shape index (κ1) is 41.3. The minimum absolute atomic E-state index is 0.0206. The molecule has 3 rings (SSSR count). The number of likely N-dealkylation sites (tertiary alicyclic amines) is 1. The Morgan fingerprint density at radius 1 is 0.942 bits per heavy atom. The molecule has 13 nitrogen and oxygen atoms in total. The zero-order chi connectivity index (χ0) is 38.6. The third-order valence-electron chi connectivity index (χ3n) is 8.59. The first-order valence-corrected chi connectivity index (χ1v) is 17.3. The number of amides is 4. The van der Waals surface area contributed by atoms with Gasteiger partial charge in [0.2, 0.25) is 17.7 Å². The van der Waals surface area contributed by atoms with Crippen LogP contribution >= 0.6 is 0 Å². The second kappa shape index (κ2) is 18.4. The molecule has 0 bridgehead atoms. The highest BCUT2D eigenvalue weighted by Gasteiger charge is 2.41. The molecule has 15 heteroatoms. The molecular formula is C37H48F2N4O9. The Hall–Kier alpha value is -5.08. The van der Waals surface area contributed by atoms with Crippen molar-refractivity contribution in [3.63, 3.8) is 0 Å². The van der Waals surface area contributed by atoms with E-state index < -0.39 is 76.7 Å². The molecule has 4 atom stereocenters.